The zero-order chi connectivity index (χ0) is 17.6. The number of rotatable bonds is 4. The molecule has 0 aliphatic carbocycles. The topological polar surface area (TPSA) is 63.2 Å². The van der Waals surface area contributed by atoms with Crippen LogP contribution in [0.3, 0.4) is 0 Å². The Morgan fingerprint density at radius 3 is 2.64 bits per heavy atom. The van der Waals surface area contributed by atoms with E-state index in [1.807, 2.05) is 19.1 Å². The first-order chi connectivity index (χ1) is 12.1. The molecule has 2 amide bonds. The average Bonchev–Trinajstić information content (AvgIpc) is 2.63. The fourth-order valence-electron chi connectivity index (χ4n) is 3.16. The van der Waals surface area contributed by atoms with E-state index >= 15 is 0 Å². The Hall–Kier alpha value is -2.40. The zero-order valence-corrected chi connectivity index (χ0v) is 14.7. The number of nitrogens with zero attached hydrogens (tertiary/aromatic N) is 1. The summed E-state index contributed by atoms with van der Waals surface area (Å²) in [5.41, 5.74) is 3.35. The van der Waals surface area contributed by atoms with Crippen molar-refractivity contribution in [2.75, 3.05) is 6.61 Å². The van der Waals surface area contributed by atoms with Crippen molar-refractivity contribution in [1.29, 1.82) is 0 Å². The van der Waals surface area contributed by atoms with Crippen molar-refractivity contribution in [2.24, 2.45) is 0 Å². The molecule has 0 unspecified atom stereocenters. The normalized spacial score (nSPS) is 21.4. The Morgan fingerprint density at radius 2 is 1.92 bits per heavy atom. The van der Waals surface area contributed by atoms with E-state index in [4.69, 9.17) is 4.74 Å². The van der Waals surface area contributed by atoms with E-state index < -0.39 is 0 Å². The maximum absolute atomic E-state index is 12.4. The third-order valence-corrected chi connectivity index (χ3v) is 4.60. The molecule has 0 bridgehead atoms. The maximum Gasteiger partial charge on any atom is 0.315 e. The average molecular weight is 339 g/mol. The van der Waals surface area contributed by atoms with Gasteiger partial charge in [-0.1, -0.05) is 29.8 Å². The van der Waals surface area contributed by atoms with Crippen LogP contribution < -0.4 is 10.6 Å². The number of aryl methyl sites for hydroxylation is 1. The first kappa shape index (κ1) is 17.4. The molecule has 1 aliphatic rings. The highest BCUT2D eigenvalue weighted by molar-refractivity contribution is 5.74. The molecule has 0 spiro atoms. The lowest BCUT2D eigenvalue weighted by Gasteiger charge is -2.33. The number of benzene rings is 1. The number of carbonyl (C=O) groups excluding carboxylic acids is 1. The van der Waals surface area contributed by atoms with Gasteiger partial charge in [-0.05, 0) is 49.9 Å². The number of nitrogens with one attached hydrogen (secondary N) is 2. The maximum atomic E-state index is 12.4. The molecule has 2 N–H and O–H groups in total. The summed E-state index contributed by atoms with van der Waals surface area (Å²) in [4.78, 5) is 16.4. The van der Waals surface area contributed by atoms with Crippen LogP contribution >= 0.6 is 0 Å². The molecule has 132 valence electrons. The van der Waals surface area contributed by atoms with E-state index in [1.165, 1.54) is 5.56 Å². The molecule has 1 aliphatic heterocycles. The molecule has 0 saturated carbocycles. The summed E-state index contributed by atoms with van der Waals surface area (Å²) in [6.07, 6.45) is 5.22. The monoisotopic (exact) mass is 339 g/mol. The van der Waals surface area contributed by atoms with E-state index in [0.29, 0.717) is 0 Å². The second-order valence-electron chi connectivity index (χ2n) is 6.57. The number of carbonyl (C=O) groups is 1. The lowest BCUT2D eigenvalue weighted by molar-refractivity contribution is -0.00749. The second kappa shape index (κ2) is 8.12. The Bertz CT molecular complexity index is 688. The molecule has 5 heteroatoms. The minimum absolute atomic E-state index is 0.0268. The number of amides is 2. The van der Waals surface area contributed by atoms with Crippen LogP contribution in [-0.4, -0.2) is 23.7 Å². The molecule has 2 heterocycles. The molecular formula is C20H25N3O2. The van der Waals surface area contributed by atoms with Gasteiger partial charge < -0.3 is 15.4 Å². The summed E-state index contributed by atoms with van der Waals surface area (Å²) in [6, 6.07) is 11.9. The van der Waals surface area contributed by atoms with Crippen LogP contribution in [0.5, 0.6) is 0 Å². The van der Waals surface area contributed by atoms with E-state index in [-0.39, 0.29) is 24.2 Å². The van der Waals surface area contributed by atoms with E-state index in [9.17, 15) is 4.79 Å². The lowest BCUT2D eigenvalue weighted by Crippen LogP contribution is -2.47. The molecule has 1 aromatic carbocycles. The molecule has 0 radical (unpaired) electrons. The minimum Gasteiger partial charge on any atom is -0.371 e. The van der Waals surface area contributed by atoms with Crippen molar-refractivity contribution in [1.82, 2.24) is 15.6 Å². The van der Waals surface area contributed by atoms with Crippen LogP contribution in [0.1, 0.15) is 48.6 Å². The van der Waals surface area contributed by atoms with Gasteiger partial charge in [0, 0.05) is 19.0 Å². The molecule has 3 rings (SSSR count). The first-order valence-electron chi connectivity index (χ1n) is 8.78. The zero-order valence-electron chi connectivity index (χ0n) is 14.7. The van der Waals surface area contributed by atoms with Gasteiger partial charge in [0.15, 0.2) is 0 Å². The Labute approximate surface area is 148 Å². The SMILES string of the molecule is Cc1ccc([C@@H]2OCCC[C@H]2NC(=O)N[C@H](C)c2ccncc2)cc1. The van der Waals surface area contributed by atoms with Gasteiger partial charge >= 0.3 is 6.03 Å². The number of hydrogen-bond acceptors (Lipinski definition) is 3. The molecular weight excluding hydrogens is 314 g/mol. The van der Waals surface area contributed by atoms with Crippen LogP contribution in [0.15, 0.2) is 48.8 Å². The summed E-state index contributed by atoms with van der Waals surface area (Å²) in [6.45, 7) is 4.75. The van der Waals surface area contributed by atoms with Crippen LogP contribution in [0.4, 0.5) is 4.79 Å². The standard InChI is InChI=1S/C20H25N3O2/c1-14-5-7-17(8-6-14)19-18(4-3-13-25-19)23-20(24)22-15(2)16-9-11-21-12-10-16/h5-12,15,18-19H,3-4,13H2,1-2H3,(H2,22,23,24)/t15-,18-,19+/m1/s1. The van der Waals surface area contributed by atoms with Gasteiger partial charge in [0.1, 0.15) is 6.10 Å². The van der Waals surface area contributed by atoms with Gasteiger partial charge in [-0.25, -0.2) is 4.79 Å². The van der Waals surface area contributed by atoms with E-state index in [2.05, 4.69) is 46.8 Å². The molecule has 25 heavy (non-hydrogen) atoms. The van der Waals surface area contributed by atoms with Crippen molar-refractivity contribution in [3.63, 3.8) is 0 Å². The number of aromatic nitrogens is 1. The highest BCUT2D eigenvalue weighted by atomic mass is 16.5. The van der Waals surface area contributed by atoms with Gasteiger partial charge in [0.05, 0.1) is 12.1 Å². The Kier molecular flexibility index (Phi) is 5.66. The van der Waals surface area contributed by atoms with Crippen LogP contribution in [0, 0.1) is 6.92 Å². The molecule has 1 saturated heterocycles. The van der Waals surface area contributed by atoms with Crippen LogP contribution in [-0.2, 0) is 4.74 Å². The van der Waals surface area contributed by atoms with Crippen molar-refractivity contribution < 1.29 is 9.53 Å². The molecule has 5 nitrogen and oxygen atoms in total. The third-order valence-electron chi connectivity index (χ3n) is 4.60. The van der Waals surface area contributed by atoms with E-state index in [0.717, 1.165) is 30.6 Å². The summed E-state index contributed by atoms with van der Waals surface area (Å²) in [5, 5.41) is 6.08. The predicted molar refractivity (Wildman–Crippen MR) is 97.2 cm³/mol. The Balaban J connectivity index is 1.63. The van der Waals surface area contributed by atoms with Crippen molar-refractivity contribution in [2.45, 2.75) is 44.9 Å². The van der Waals surface area contributed by atoms with Crippen molar-refractivity contribution in [3.05, 3.63) is 65.5 Å². The number of ether oxygens (including phenoxy) is 1. The van der Waals surface area contributed by atoms with Crippen LogP contribution in [0.2, 0.25) is 0 Å². The highest BCUT2D eigenvalue weighted by Crippen LogP contribution is 2.28. The summed E-state index contributed by atoms with van der Waals surface area (Å²) in [7, 11) is 0. The number of pyridine rings is 1. The number of urea groups is 1. The molecule has 2 aromatic rings. The van der Waals surface area contributed by atoms with Crippen LogP contribution in [0.25, 0.3) is 0 Å². The minimum atomic E-state index is -0.170. The highest BCUT2D eigenvalue weighted by Gasteiger charge is 2.29. The van der Waals surface area contributed by atoms with Crippen molar-refractivity contribution in [3.8, 4) is 0 Å². The van der Waals surface area contributed by atoms with Gasteiger partial charge in [0.25, 0.3) is 0 Å². The predicted octanol–water partition coefficient (Wildman–Crippen LogP) is 3.67. The van der Waals surface area contributed by atoms with Gasteiger partial charge in [0.2, 0.25) is 0 Å². The van der Waals surface area contributed by atoms with E-state index in [1.54, 1.807) is 12.4 Å². The molecule has 1 aromatic heterocycles. The van der Waals surface area contributed by atoms with Gasteiger partial charge in [-0.2, -0.15) is 0 Å². The number of hydrogen-bond donors (Lipinski definition) is 2. The van der Waals surface area contributed by atoms with Gasteiger partial charge in [-0.3, -0.25) is 4.98 Å². The smallest absolute Gasteiger partial charge is 0.315 e. The quantitative estimate of drug-likeness (QED) is 0.893. The first-order valence-corrected chi connectivity index (χ1v) is 8.78. The Morgan fingerprint density at radius 1 is 1.20 bits per heavy atom. The molecule has 1 fully saturated rings. The fraction of sp³-hybridized carbons (Fsp3) is 0.400. The largest absolute Gasteiger partial charge is 0.371 e. The lowest BCUT2D eigenvalue weighted by atomic mass is 9.95. The summed E-state index contributed by atoms with van der Waals surface area (Å²) < 4.78 is 5.96. The van der Waals surface area contributed by atoms with Crippen molar-refractivity contribution >= 4 is 6.03 Å². The third kappa shape index (κ3) is 4.57. The molecule has 3 atom stereocenters. The van der Waals surface area contributed by atoms with Gasteiger partial charge in [-0.15, -0.1) is 0 Å². The fourth-order valence-corrected chi connectivity index (χ4v) is 3.16. The second-order valence-corrected chi connectivity index (χ2v) is 6.57. The summed E-state index contributed by atoms with van der Waals surface area (Å²) >= 11 is 0. The summed E-state index contributed by atoms with van der Waals surface area (Å²) in [5.74, 6) is 0.